The molecule has 0 aromatic rings. The van der Waals surface area contributed by atoms with E-state index in [0.29, 0.717) is 19.4 Å². The maximum atomic E-state index is 11.3. The van der Waals surface area contributed by atoms with Crippen LogP contribution in [0.25, 0.3) is 0 Å². The number of nitrogens with one attached hydrogen (secondary N) is 2. The molecular formula is C12H27ClN2O2. The Kier molecular flexibility index (Phi) is 10.8. The average Bonchev–Trinajstić information content (AvgIpc) is 2.12. The van der Waals surface area contributed by atoms with Crippen LogP contribution in [0.3, 0.4) is 0 Å². The fraction of sp³-hybridized carbons (Fsp3) is 0.917. The van der Waals surface area contributed by atoms with Crippen molar-refractivity contribution >= 4 is 18.3 Å². The van der Waals surface area contributed by atoms with E-state index in [1.54, 1.807) is 0 Å². The van der Waals surface area contributed by atoms with Gasteiger partial charge in [0.15, 0.2) is 0 Å². The highest BCUT2D eigenvalue weighted by Gasteiger charge is 2.16. The molecule has 0 aliphatic heterocycles. The summed E-state index contributed by atoms with van der Waals surface area (Å²) in [5.74, 6) is 0.0169. The van der Waals surface area contributed by atoms with Gasteiger partial charge in [-0.2, -0.15) is 0 Å². The first-order chi connectivity index (χ1) is 7.35. The van der Waals surface area contributed by atoms with Crippen LogP contribution in [-0.2, 0) is 4.79 Å². The van der Waals surface area contributed by atoms with Gasteiger partial charge in [-0.05, 0) is 31.8 Å². The first kappa shape index (κ1) is 19.0. The summed E-state index contributed by atoms with van der Waals surface area (Å²) in [6, 6.07) is 0. The average molecular weight is 267 g/mol. The number of amides is 1. The molecule has 1 atom stereocenters. The minimum atomic E-state index is -0.451. The fourth-order valence-corrected chi connectivity index (χ4v) is 1.52. The molecule has 5 heteroatoms. The van der Waals surface area contributed by atoms with Crippen LogP contribution in [-0.4, -0.2) is 37.3 Å². The van der Waals surface area contributed by atoms with Gasteiger partial charge in [-0.15, -0.1) is 12.4 Å². The molecular weight excluding hydrogens is 240 g/mol. The number of carbonyl (C=O) groups is 1. The highest BCUT2D eigenvalue weighted by molar-refractivity contribution is 5.85. The number of aliphatic hydroxyl groups excluding tert-OH is 1. The Labute approximate surface area is 111 Å². The monoisotopic (exact) mass is 266 g/mol. The highest BCUT2D eigenvalue weighted by Crippen LogP contribution is 2.20. The third-order valence-corrected chi connectivity index (χ3v) is 2.21. The minimum Gasteiger partial charge on any atom is -0.391 e. The molecule has 17 heavy (non-hydrogen) atoms. The summed E-state index contributed by atoms with van der Waals surface area (Å²) >= 11 is 0. The topological polar surface area (TPSA) is 61.4 Å². The summed E-state index contributed by atoms with van der Waals surface area (Å²) < 4.78 is 0. The Morgan fingerprint density at radius 3 is 2.41 bits per heavy atom. The predicted molar refractivity (Wildman–Crippen MR) is 73.5 cm³/mol. The molecule has 0 aromatic carbocycles. The van der Waals surface area contributed by atoms with E-state index in [4.69, 9.17) is 0 Å². The standard InChI is InChI=1S/C12H26N2O2.ClH/c1-12(2,3)8-10(15)9-14-11(16)6-5-7-13-4;/h10,13,15H,5-9H2,1-4H3,(H,14,16);1H. The molecule has 4 nitrogen and oxygen atoms in total. The molecule has 0 radical (unpaired) electrons. The smallest absolute Gasteiger partial charge is 0.220 e. The zero-order valence-corrected chi connectivity index (χ0v) is 12.2. The second-order valence-corrected chi connectivity index (χ2v) is 5.43. The fourth-order valence-electron chi connectivity index (χ4n) is 1.52. The molecule has 1 unspecified atom stereocenters. The summed E-state index contributed by atoms with van der Waals surface area (Å²) in [5.41, 5.74) is 0.0935. The minimum absolute atomic E-state index is 0. The molecule has 0 fully saturated rings. The van der Waals surface area contributed by atoms with Crippen molar-refractivity contribution in [1.29, 1.82) is 0 Å². The Balaban J connectivity index is 0. The van der Waals surface area contributed by atoms with Crippen molar-refractivity contribution in [2.45, 2.75) is 46.1 Å². The number of halogens is 1. The first-order valence-corrected chi connectivity index (χ1v) is 5.94. The number of hydrogen-bond donors (Lipinski definition) is 3. The van der Waals surface area contributed by atoms with E-state index in [-0.39, 0.29) is 23.7 Å². The van der Waals surface area contributed by atoms with E-state index < -0.39 is 6.10 Å². The molecule has 0 spiro atoms. The zero-order chi connectivity index (χ0) is 12.6. The molecule has 1 amide bonds. The molecule has 3 N–H and O–H groups in total. The van der Waals surface area contributed by atoms with Crippen molar-refractivity contribution in [3.8, 4) is 0 Å². The van der Waals surface area contributed by atoms with Crippen molar-refractivity contribution < 1.29 is 9.90 Å². The summed E-state index contributed by atoms with van der Waals surface area (Å²) in [7, 11) is 1.87. The Morgan fingerprint density at radius 1 is 1.35 bits per heavy atom. The lowest BCUT2D eigenvalue weighted by molar-refractivity contribution is -0.121. The van der Waals surface area contributed by atoms with Gasteiger partial charge in [0.05, 0.1) is 6.10 Å². The second-order valence-electron chi connectivity index (χ2n) is 5.43. The molecule has 0 aliphatic carbocycles. The number of rotatable bonds is 7. The first-order valence-electron chi connectivity index (χ1n) is 5.94. The lowest BCUT2D eigenvalue weighted by atomic mass is 9.89. The molecule has 104 valence electrons. The number of hydrogen-bond acceptors (Lipinski definition) is 3. The summed E-state index contributed by atoms with van der Waals surface area (Å²) in [6.45, 7) is 7.43. The molecule has 0 saturated carbocycles. The highest BCUT2D eigenvalue weighted by atomic mass is 35.5. The molecule has 0 saturated heterocycles. The van der Waals surface area contributed by atoms with Crippen LogP contribution in [0.4, 0.5) is 0 Å². The van der Waals surface area contributed by atoms with Crippen molar-refractivity contribution in [2.75, 3.05) is 20.1 Å². The molecule has 0 aromatic heterocycles. The molecule has 0 rings (SSSR count). The Bertz CT molecular complexity index is 205. The maximum Gasteiger partial charge on any atom is 0.220 e. The van der Waals surface area contributed by atoms with Crippen LogP contribution < -0.4 is 10.6 Å². The van der Waals surface area contributed by atoms with Crippen LogP contribution >= 0.6 is 12.4 Å². The summed E-state index contributed by atoms with van der Waals surface area (Å²) in [6.07, 6.45) is 1.60. The van der Waals surface area contributed by atoms with Crippen molar-refractivity contribution in [3.05, 3.63) is 0 Å². The molecule has 0 bridgehead atoms. The Morgan fingerprint density at radius 2 is 1.94 bits per heavy atom. The van der Waals surface area contributed by atoms with Gasteiger partial charge in [0.2, 0.25) is 5.91 Å². The van der Waals surface area contributed by atoms with E-state index in [1.165, 1.54) is 0 Å². The van der Waals surface area contributed by atoms with E-state index in [1.807, 2.05) is 7.05 Å². The van der Waals surface area contributed by atoms with Crippen LogP contribution in [0.2, 0.25) is 0 Å². The largest absolute Gasteiger partial charge is 0.391 e. The SMILES string of the molecule is CNCCCC(=O)NCC(O)CC(C)(C)C.Cl. The maximum absolute atomic E-state index is 11.3. The van der Waals surface area contributed by atoms with Gasteiger partial charge in [-0.25, -0.2) is 0 Å². The normalized spacial score (nSPS) is 12.8. The van der Waals surface area contributed by atoms with Crippen LogP contribution in [0.15, 0.2) is 0 Å². The van der Waals surface area contributed by atoms with Crippen molar-refractivity contribution in [1.82, 2.24) is 10.6 Å². The van der Waals surface area contributed by atoms with Gasteiger partial charge in [0, 0.05) is 13.0 Å². The summed E-state index contributed by atoms with van der Waals surface area (Å²) in [4.78, 5) is 11.3. The van der Waals surface area contributed by atoms with E-state index in [9.17, 15) is 9.90 Å². The number of carbonyl (C=O) groups excluding carboxylic acids is 1. The third-order valence-electron chi connectivity index (χ3n) is 2.21. The van der Waals surface area contributed by atoms with Gasteiger partial charge >= 0.3 is 0 Å². The van der Waals surface area contributed by atoms with E-state index in [2.05, 4.69) is 31.4 Å². The number of aliphatic hydroxyl groups is 1. The van der Waals surface area contributed by atoms with Gasteiger partial charge in [-0.3, -0.25) is 4.79 Å². The zero-order valence-electron chi connectivity index (χ0n) is 11.4. The summed E-state index contributed by atoms with van der Waals surface area (Å²) in [5, 5.41) is 15.4. The quantitative estimate of drug-likeness (QED) is 0.609. The predicted octanol–water partition coefficient (Wildman–Crippen LogP) is 1.32. The van der Waals surface area contributed by atoms with E-state index >= 15 is 0 Å². The van der Waals surface area contributed by atoms with Crippen LogP contribution in [0.1, 0.15) is 40.0 Å². The Hall–Kier alpha value is -0.320. The lowest BCUT2D eigenvalue weighted by Crippen LogP contribution is -2.34. The van der Waals surface area contributed by atoms with Gasteiger partial charge in [0.25, 0.3) is 0 Å². The van der Waals surface area contributed by atoms with Gasteiger partial charge < -0.3 is 15.7 Å². The van der Waals surface area contributed by atoms with Gasteiger partial charge in [0.1, 0.15) is 0 Å². The third kappa shape index (κ3) is 13.6. The van der Waals surface area contributed by atoms with Crippen molar-refractivity contribution in [3.63, 3.8) is 0 Å². The second kappa shape index (κ2) is 9.68. The van der Waals surface area contributed by atoms with Crippen LogP contribution in [0, 0.1) is 5.41 Å². The van der Waals surface area contributed by atoms with Gasteiger partial charge in [-0.1, -0.05) is 20.8 Å². The lowest BCUT2D eigenvalue weighted by Gasteiger charge is -2.22. The van der Waals surface area contributed by atoms with Crippen LogP contribution in [0.5, 0.6) is 0 Å². The van der Waals surface area contributed by atoms with Crippen molar-refractivity contribution in [2.24, 2.45) is 5.41 Å². The molecule has 0 aliphatic rings. The van der Waals surface area contributed by atoms with E-state index in [0.717, 1.165) is 13.0 Å². The molecule has 0 heterocycles.